The SMILES string of the molecule is CCCCc1cc(C)c(O)c(P([SiH2]c2cccc(C)c2C)c2cc(CCCC)cc(C)c2O)c1. The van der Waals surface area contributed by atoms with Crippen LogP contribution in [0.1, 0.15) is 72.9 Å². The van der Waals surface area contributed by atoms with Crippen LogP contribution in [0.4, 0.5) is 0 Å². The Morgan fingerprint density at radius 3 is 1.68 bits per heavy atom. The second-order valence-corrected chi connectivity index (χ2v) is 15.5. The van der Waals surface area contributed by atoms with Gasteiger partial charge in [0.25, 0.3) is 0 Å². The Morgan fingerprint density at radius 2 is 1.21 bits per heavy atom. The Bertz CT molecular complexity index is 1080. The zero-order valence-electron chi connectivity index (χ0n) is 21.8. The van der Waals surface area contributed by atoms with E-state index in [1.165, 1.54) is 27.4 Å². The molecule has 182 valence electrons. The van der Waals surface area contributed by atoms with Crippen LogP contribution in [0.2, 0.25) is 0 Å². The highest BCUT2D eigenvalue weighted by Crippen LogP contribution is 2.41. The van der Waals surface area contributed by atoms with Crippen molar-refractivity contribution >= 4 is 32.5 Å². The molecule has 0 atom stereocenters. The monoisotopic (exact) mass is 492 g/mol. The van der Waals surface area contributed by atoms with Crippen molar-refractivity contribution in [2.24, 2.45) is 0 Å². The summed E-state index contributed by atoms with van der Waals surface area (Å²) in [6.45, 7) is 12.9. The molecule has 2 nitrogen and oxygen atoms in total. The van der Waals surface area contributed by atoms with Crippen molar-refractivity contribution in [1.29, 1.82) is 0 Å². The van der Waals surface area contributed by atoms with Crippen molar-refractivity contribution in [3.8, 4) is 11.5 Å². The molecule has 0 amide bonds. The summed E-state index contributed by atoms with van der Waals surface area (Å²) < 4.78 is 0. The van der Waals surface area contributed by atoms with E-state index in [-0.39, 0.29) is 0 Å². The van der Waals surface area contributed by atoms with Gasteiger partial charge in [-0.1, -0.05) is 69.7 Å². The van der Waals surface area contributed by atoms with E-state index in [0.29, 0.717) is 11.5 Å². The molecule has 0 spiro atoms. The van der Waals surface area contributed by atoms with Crippen molar-refractivity contribution in [1.82, 2.24) is 0 Å². The Balaban J connectivity index is 2.21. The van der Waals surface area contributed by atoms with Gasteiger partial charge in [0.2, 0.25) is 0 Å². The third-order valence-corrected chi connectivity index (χ3v) is 14.2. The number of aromatic hydroxyl groups is 2. The number of hydrogen-bond donors (Lipinski definition) is 2. The fourth-order valence-electron chi connectivity index (χ4n) is 4.58. The van der Waals surface area contributed by atoms with E-state index in [9.17, 15) is 10.2 Å². The van der Waals surface area contributed by atoms with Crippen molar-refractivity contribution in [2.45, 2.75) is 80.1 Å². The Labute approximate surface area is 209 Å². The molecule has 0 saturated heterocycles. The lowest BCUT2D eigenvalue weighted by atomic mass is 10.1. The summed E-state index contributed by atoms with van der Waals surface area (Å²) in [6, 6.07) is 15.4. The first-order chi connectivity index (χ1) is 16.3. The van der Waals surface area contributed by atoms with Gasteiger partial charge in [0, 0.05) is 10.6 Å². The van der Waals surface area contributed by atoms with E-state index in [2.05, 4.69) is 70.2 Å². The zero-order chi connectivity index (χ0) is 24.8. The molecule has 0 aliphatic heterocycles. The first-order valence-electron chi connectivity index (χ1n) is 12.7. The van der Waals surface area contributed by atoms with Gasteiger partial charge in [-0.15, -0.1) is 0 Å². The zero-order valence-corrected chi connectivity index (χ0v) is 24.1. The van der Waals surface area contributed by atoms with Gasteiger partial charge < -0.3 is 10.2 Å². The molecule has 0 unspecified atom stereocenters. The molecule has 0 radical (unpaired) electrons. The second-order valence-electron chi connectivity index (χ2n) is 9.71. The minimum Gasteiger partial charge on any atom is -0.507 e. The van der Waals surface area contributed by atoms with Crippen molar-refractivity contribution in [3.05, 3.63) is 75.8 Å². The maximum atomic E-state index is 11.3. The number of aryl methyl sites for hydroxylation is 5. The molecule has 4 heteroatoms. The highest BCUT2D eigenvalue weighted by atomic mass is 31.4. The third-order valence-electron chi connectivity index (χ3n) is 6.95. The second kappa shape index (κ2) is 12.0. The van der Waals surface area contributed by atoms with Gasteiger partial charge in [0.1, 0.15) is 11.5 Å². The molecule has 2 N–H and O–H groups in total. The number of hydrogen-bond acceptors (Lipinski definition) is 2. The third kappa shape index (κ3) is 6.12. The summed E-state index contributed by atoms with van der Waals surface area (Å²) in [6.07, 6.45) is 6.65. The largest absolute Gasteiger partial charge is 0.507 e. The van der Waals surface area contributed by atoms with Crippen LogP contribution in [0.25, 0.3) is 0 Å². The van der Waals surface area contributed by atoms with E-state index in [4.69, 9.17) is 0 Å². The lowest BCUT2D eigenvalue weighted by Crippen LogP contribution is -2.27. The Hall–Kier alpha value is -2.09. The number of benzene rings is 3. The van der Waals surface area contributed by atoms with Gasteiger partial charge in [0.15, 0.2) is 0 Å². The van der Waals surface area contributed by atoms with Crippen LogP contribution in [0, 0.1) is 27.7 Å². The summed E-state index contributed by atoms with van der Waals surface area (Å²) in [7, 11) is -1.70. The molecular weight excluding hydrogens is 451 g/mol. The van der Waals surface area contributed by atoms with Crippen molar-refractivity contribution in [3.63, 3.8) is 0 Å². The van der Waals surface area contributed by atoms with Crippen LogP contribution < -0.4 is 15.8 Å². The number of unbranched alkanes of at least 4 members (excludes halogenated alkanes) is 2. The van der Waals surface area contributed by atoms with Crippen LogP contribution >= 0.6 is 7.47 Å². The molecule has 0 bridgehead atoms. The quantitative estimate of drug-likeness (QED) is 0.275. The van der Waals surface area contributed by atoms with Crippen LogP contribution in [-0.4, -0.2) is 19.4 Å². The Morgan fingerprint density at radius 1 is 0.706 bits per heavy atom. The first-order valence-corrected chi connectivity index (χ1v) is 16.9. The Kier molecular flexibility index (Phi) is 9.39. The molecular formula is C30H41O2PSi. The summed E-state index contributed by atoms with van der Waals surface area (Å²) >= 11 is 0. The van der Waals surface area contributed by atoms with Crippen molar-refractivity contribution in [2.75, 3.05) is 0 Å². The summed E-state index contributed by atoms with van der Waals surface area (Å²) in [5.41, 5.74) is 7.17. The maximum Gasteiger partial charge on any atom is 0.126 e. The van der Waals surface area contributed by atoms with Gasteiger partial charge >= 0.3 is 0 Å². The predicted molar refractivity (Wildman–Crippen MR) is 153 cm³/mol. The van der Waals surface area contributed by atoms with Gasteiger partial charge in [0.05, 0.1) is 9.19 Å². The van der Waals surface area contributed by atoms with E-state index in [1.54, 1.807) is 0 Å². The highest BCUT2D eigenvalue weighted by molar-refractivity contribution is 7.99. The molecule has 3 aromatic carbocycles. The topological polar surface area (TPSA) is 40.5 Å². The minimum absolute atomic E-state index is 0.417. The van der Waals surface area contributed by atoms with Crippen molar-refractivity contribution < 1.29 is 10.2 Å². The highest BCUT2D eigenvalue weighted by Gasteiger charge is 2.25. The van der Waals surface area contributed by atoms with Crippen LogP contribution in [-0.2, 0) is 12.8 Å². The van der Waals surface area contributed by atoms with E-state index >= 15 is 0 Å². The average Bonchev–Trinajstić information content (AvgIpc) is 2.81. The fraction of sp³-hybridized carbons (Fsp3) is 0.400. The van der Waals surface area contributed by atoms with E-state index in [1.807, 2.05) is 13.8 Å². The molecule has 0 heterocycles. The van der Waals surface area contributed by atoms with E-state index in [0.717, 1.165) is 60.3 Å². The molecule has 0 aromatic heterocycles. The number of rotatable bonds is 10. The molecule has 3 rings (SSSR count). The van der Waals surface area contributed by atoms with Gasteiger partial charge in [-0.25, -0.2) is 0 Å². The number of phenolic OH excluding ortho intramolecular Hbond substituents is 2. The normalized spacial score (nSPS) is 11.7. The van der Waals surface area contributed by atoms with Gasteiger partial charge in [-0.3, -0.25) is 0 Å². The summed E-state index contributed by atoms with van der Waals surface area (Å²) in [5.74, 6) is 0.834. The molecule has 0 saturated carbocycles. The summed E-state index contributed by atoms with van der Waals surface area (Å²) in [5, 5.41) is 26.2. The maximum absolute atomic E-state index is 11.3. The average molecular weight is 493 g/mol. The van der Waals surface area contributed by atoms with Gasteiger partial charge in [-0.2, -0.15) is 0 Å². The smallest absolute Gasteiger partial charge is 0.126 e. The van der Waals surface area contributed by atoms with Crippen LogP contribution in [0.15, 0.2) is 42.5 Å². The standard InChI is InChI=1S/C30H41O2PSi/c1-7-9-13-24-16-21(4)29(31)26(18-24)33(34-28-15-11-12-20(3)23(28)6)27-19-25(14-10-8-2)17-22(5)30(27)32/h11-12,15-19,31-32H,7-10,13-14,34H2,1-6H3. The van der Waals surface area contributed by atoms with Crippen LogP contribution in [0.5, 0.6) is 11.5 Å². The minimum atomic E-state index is -0.853. The lowest BCUT2D eigenvalue weighted by Gasteiger charge is -2.25. The van der Waals surface area contributed by atoms with Crippen LogP contribution in [0.3, 0.4) is 0 Å². The lowest BCUT2D eigenvalue weighted by molar-refractivity contribution is 0.474. The molecule has 0 aliphatic carbocycles. The molecule has 0 fully saturated rings. The first kappa shape index (κ1) is 26.5. The number of phenols is 2. The fourth-order valence-corrected chi connectivity index (χ4v) is 12.3. The predicted octanol–water partition coefficient (Wildman–Crippen LogP) is 5.86. The molecule has 0 aliphatic rings. The molecule has 34 heavy (non-hydrogen) atoms. The summed E-state index contributed by atoms with van der Waals surface area (Å²) in [4.78, 5) is 0. The van der Waals surface area contributed by atoms with Gasteiger partial charge in [-0.05, 0) is 98.9 Å². The molecule has 3 aromatic rings. The van der Waals surface area contributed by atoms with E-state index < -0.39 is 16.7 Å².